The summed E-state index contributed by atoms with van der Waals surface area (Å²) >= 11 is 0. The maximum atomic E-state index is 13.1. The summed E-state index contributed by atoms with van der Waals surface area (Å²) in [7, 11) is 1.69. The van der Waals surface area contributed by atoms with Crippen molar-refractivity contribution in [3.8, 4) is 16.9 Å². The van der Waals surface area contributed by atoms with Gasteiger partial charge in [-0.15, -0.1) is 6.58 Å². The first-order valence-corrected chi connectivity index (χ1v) is 19.7. The first-order chi connectivity index (χ1) is 28.0. The first-order valence-electron chi connectivity index (χ1n) is 18.6. The molecule has 3 N–H and O–H groups in total. The van der Waals surface area contributed by atoms with Gasteiger partial charge in [0.25, 0.3) is 0 Å². The van der Waals surface area contributed by atoms with Crippen molar-refractivity contribution in [2.45, 2.75) is 33.1 Å². The van der Waals surface area contributed by atoms with E-state index >= 15 is 0 Å². The summed E-state index contributed by atoms with van der Waals surface area (Å²) in [5.74, 6) is 4.81. The molecule has 5 aromatic rings. The van der Waals surface area contributed by atoms with E-state index in [1.54, 1.807) is 35.0 Å². The Kier molecular flexibility index (Phi) is 18.0. The Morgan fingerprint density at radius 3 is 2.29 bits per heavy atom. The van der Waals surface area contributed by atoms with Gasteiger partial charge >= 0.3 is 29.6 Å². The number of fused-ring (bicyclic) bond motifs is 2. The van der Waals surface area contributed by atoms with E-state index in [0.717, 1.165) is 39.7 Å². The number of hydrazine groups is 1. The van der Waals surface area contributed by atoms with Crippen LogP contribution < -0.4 is 50.2 Å². The molecule has 4 aromatic carbocycles. The van der Waals surface area contributed by atoms with E-state index < -0.39 is 14.8 Å². The van der Waals surface area contributed by atoms with Crippen molar-refractivity contribution in [2.24, 2.45) is 12.9 Å². The van der Waals surface area contributed by atoms with Crippen LogP contribution in [0, 0.1) is 6.92 Å². The third kappa shape index (κ3) is 12.2. The third-order valence-electron chi connectivity index (χ3n) is 9.68. The van der Waals surface area contributed by atoms with Crippen LogP contribution >= 0.6 is 8.60 Å². The number of rotatable bonds is 12. The first kappa shape index (κ1) is 47.0. The molecule has 1 aromatic heterocycles. The van der Waals surface area contributed by atoms with E-state index in [-0.39, 0.29) is 66.8 Å². The molecule has 59 heavy (non-hydrogen) atoms. The number of hydrogen-bond donors (Lipinski definition) is 2. The molecule has 2 unspecified atom stereocenters. The zero-order valence-corrected chi connectivity index (χ0v) is 37.0. The molecular formula is C43H49N7NaO7P. The van der Waals surface area contributed by atoms with Crippen LogP contribution in [0.25, 0.3) is 22.0 Å². The van der Waals surface area contributed by atoms with E-state index in [4.69, 9.17) is 4.52 Å². The quantitative estimate of drug-likeness (QED) is 0.0472. The Bertz CT molecular complexity index is 2190. The Hall–Kier alpha value is -4.73. The Morgan fingerprint density at radius 2 is 1.68 bits per heavy atom. The van der Waals surface area contributed by atoms with Crippen LogP contribution in [0.3, 0.4) is 0 Å². The average molecular weight is 830 g/mol. The molecule has 0 aliphatic carbocycles. The normalized spacial score (nSPS) is 15.5. The van der Waals surface area contributed by atoms with Crippen LogP contribution in [-0.4, -0.2) is 87.8 Å². The standard InChI is InChI=1S/C28H29N5O4.C8H11N.C7H9NO3P.Na/c1-4-12-31-16-27(37)32-17-26(36)30(15-25(32)33(31)18-34)13-22-6-5-7-23-24(14-29(3)28(22)23)21-10-8-20(9-11-21)19(2)35;1-9-7-8-5-3-2-4-6-8;1-6-2-4-7(5-3-6)10-12(9)11-8;/h4-11,14,18,25H,1,12-13,15-17H2,2-3H3;2-6,9H,7H2,1H3;2-5H,8H2,1H3;/q;;-1;+1. The summed E-state index contributed by atoms with van der Waals surface area (Å²) in [6.07, 6.45) is 3.85. The zero-order chi connectivity index (χ0) is 41.8. The molecule has 0 radical (unpaired) electrons. The van der Waals surface area contributed by atoms with Crippen molar-refractivity contribution >= 4 is 43.5 Å². The largest absolute Gasteiger partial charge is 1.00 e. The second-order valence-electron chi connectivity index (χ2n) is 13.7. The monoisotopic (exact) mass is 829 g/mol. The van der Waals surface area contributed by atoms with Crippen molar-refractivity contribution in [1.29, 1.82) is 0 Å². The van der Waals surface area contributed by atoms with Crippen molar-refractivity contribution in [2.75, 3.05) is 33.2 Å². The van der Waals surface area contributed by atoms with Crippen LogP contribution in [0.1, 0.15) is 34.0 Å². The Labute approximate surface area is 368 Å². The number of carbonyl (C=O) groups excluding carboxylic acids is 4. The van der Waals surface area contributed by atoms with Gasteiger partial charge in [-0.25, -0.2) is 10.9 Å². The topological polar surface area (TPSA) is 166 Å². The molecule has 14 nitrogen and oxygen atoms in total. The van der Waals surface area contributed by atoms with Gasteiger partial charge in [0.2, 0.25) is 18.2 Å². The van der Waals surface area contributed by atoms with Crippen molar-refractivity contribution in [1.82, 2.24) is 29.7 Å². The number of para-hydroxylation sites is 1. The number of carbonyl (C=O) groups is 4. The van der Waals surface area contributed by atoms with Crippen LogP contribution in [0.4, 0.5) is 0 Å². The van der Waals surface area contributed by atoms with Gasteiger partial charge in [0.1, 0.15) is 18.5 Å². The fourth-order valence-electron chi connectivity index (χ4n) is 6.85. The minimum atomic E-state index is -2.24. The number of aryl methyl sites for hydroxylation is 2. The number of amides is 3. The van der Waals surface area contributed by atoms with E-state index in [0.29, 0.717) is 30.8 Å². The van der Waals surface area contributed by atoms with Gasteiger partial charge in [-0.1, -0.05) is 96.6 Å². The fraction of sp³-hybridized carbons (Fsp3) is 0.256. The molecule has 3 amide bonds. The number of nitrogens with zero attached hydrogens (tertiary/aromatic N) is 5. The number of hydrogen-bond acceptors (Lipinski definition) is 10. The predicted molar refractivity (Wildman–Crippen MR) is 222 cm³/mol. The van der Waals surface area contributed by atoms with Crippen LogP contribution in [0.2, 0.25) is 0 Å². The van der Waals surface area contributed by atoms with Crippen molar-refractivity contribution in [3.05, 3.63) is 138 Å². The summed E-state index contributed by atoms with van der Waals surface area (Å²) in [5.41, 5.74) is 7.11. The number of Topliss-reactive ketones (excluding diaryl/α,β-unsaturated/α-hetero) is 1. The van der Waals surface area contributed by atoms with Gasteiger partial charge in [0.15, 0.2) is 14.4 Å². The fourth-order valence-corrected chi connectivity index (χ4v) is 7.19. The molecule has 0 spiro atoms. The van der Waals surface area contributed by atoms with Gasteiger partial charge in [0, 0.05) is 49.4 Å². The summed E-state index contributed by atoms with van der Waals surface area (Å²) in [6, 6.07) is 31.0. The number of nitrogens with two attached hydrogens (primary N) is 1. The maximum absolute atomic E-state index is 13.1. The molecule has 2 fully saturated rings. The number of piperazine rings is 1. The number of benzene rings is 4. The minimum Gasteiger partial charge on any atom is -0.774 e. The summed E-state index contributed by atoms with van der Waals surface area (Å²) in [6.45, 7) is 9.08. The van der Waals surface area contributed by atoms with Gasteiger partial charge in [-0.3, -0.25) is 28.8 Å². The molecule has 0 saturated carbocycles. The van der Waals surface area contributed by atoms with Crippen molar-refractivity contribution < 1.29 is 62.8 Å². The maximum Gasteiger partial charge on any atom is 1.00 e. The predicted octanol–water partition coefficient (Wildman–Crippen LogP) is 1.68. The summed E-state index contributed by atoms with van der Waals surface area (Å²) in [5, 5.41) is 7.27. The molecule has 2 aliphatic rings. The molecule has 304 valence electrons. The minimum absolute atomic E-state index is 0. The van der Waals surface area contributed by atoms with E-state index in [9.17, 15) is 24.1 Å². The SMILES string of the molecule is C=CCN1CC(=O)N2CC(=O)N(Cc3cccc4c(-c5ccc(C(C)=O)cc5)cn(C)c34)CC2N1C=O.CNCc1ccccc1.Cc1ccc(OP([O-])ON)cc1.[Na+]. The Morgan fingerprint density at radius 1 is 0.983 bits per heavy atom. The second-order valence-corrected chi connectivity index (χ2v) is 14.6. The molecule has 7 rings (SSSR count). The average Bonchev–Trinajstić information content (AvgIpc) is 3.57. The van der Waals surface area contributed by atoms with Gasteiger partial charge in [-0.2, -0.15) is 0 Å². The van der Waals surface area contributed by atoms with Crippen LogP contribution in [0.5, 0.6) is 5.75 Å². The van der Waals surface area contributed by atoms with Crippen molar-refractivity contribution in [3.63, 3.8) is 0 Å². The zero-order valence-electron chi connectivity index (χ0n) is 34.1. The third-order valence-corrected chi connectivity index (χ3v) is 10.2. The summed E-state index contributed by atoms with van der Waals surface area (Å²) < 4.78 is 10.8. The van der Waals surface area contributed by atoms with E-state index in [2.05, 4.69) is 40.7 Å². The molecule has 2 aliphatic heterocycles. The second kappa shape index (κ2) is 22.6. The molecule has 2 saturated heterocycles. The number of aromatic nitrogens is 1. The Balaban J connectivity index is 0.000000285. The molecule has 16 heteroatoms. The van der Waals surface area contributed by atoms with Gasteiger partial charge < -0.3 is 29.1 Å². The van der Waals surface area contributed by atoms with Crippen LogP contribution in [0.15, 0.2) is 116 Å². The van der Waals surface area contributed by atoms with E-state index in [1.165, 1.54) is 15.5 Å². The molecule has 2 atom stereocenters. The molecule has 3 heterocycles. The smallest absolute Gasteiger partial charge is 0.774 e. The summed E-state index contributed by atoms with van der Waals surface area (Å²) in [4.78, 5) is 63.3. The number of nitrogens with one attached hydrogen (secondary N) is 1. The van der Waals surface area contributed by atoms with E-state index in [1.807, 2.05) is 98.4 Å². The molecule has 0 bridgehead atoms. The molecular weight excluding hydrogens is 780 g/mol. The van der Waals surface area contributed by atoms with Crippen LogP contribution in [-0.2, 0) is 39.1 Å². The van der Waals surface area contributed by atoms with Gasteiger partial charge in [0.05, 0.1) is 18.6 Å². The van der Waals surface area contributed by atoms with Gasteiger partial charge in [-0.05, 0) is 49.7 Å². The number of ketones is 1.